The van der Waals surface area contributed by atoms with Gasteiger partial charge in [-0.1, -0.05) is 38.1 Å². The van der Waals surface area contributed by atoms with E-state index in [1.54, 1.807) is 13.8 Å². The van der Waals surface area contributed by atoms with Gasteiger partial charge in [-0.2, -0.15) is 0 Å². The fraction of sp³-hybridized carbons (Fsp3) is 0.400. The zero-order chi connectivity index (χ0) is 17.0. The number of aliphatic imine (C=N–C) groups is 1. The van der Waals surface area contributed by atoms with Gasteiger partial charge in [0.05, 0.1) is 22.8 Å². The number of aryl methyl sites for hydroxylation is 2. The molecule has 1 N–H and O–H groups in total. The van der Waals surface area contributed by atoms with E-state index in [1.807, 2.05) is 25.1 Å². The van der Waals surface area contributed by atoms with Crippen LogP contribution in [0.5, 0.6) is 0 Å². The van der Waals surface area contributed by atoms with E-state index in [-0.39, 0.29) is 0 Å². The molecule has 0 amide bonds. The molecule has 0 aliphatic carbocycles. The highest BCUT2D eigenvalue weighted by atomic mass is 16.3. The Labute approximate surface area is 139 Å². The maximum absolute atomic E-state index is 10.1. The lowest BCUT2D eigenvalue weighted by atomic mass is 10.0. The van der Waals surface area contributed by atoms with Crippen LogP contribution in [0.25, 0.3) is 0 Å². The molecule has 2 rings (SSSR count). The average Bonchev–Trinajstić information content (AvgIpc) is 2.54. The van der Waals surface area contributed by atoms with Crippen molar-refractivity contribution in [1.82, 2.24) is 4.98 Å². The quantitative estimate of drug-likeness (QED) is 0.822. The summed E-state index contributed by atoms with van der Waals surface area (Å²) in [5.74, 6) is 0. The van der Waals surface area contributed by atoms with E-state index in [1.165, 1.54) is 11.1 Å². The smallest absolute Gasteiger partial charge is 0.101 e. The highest BCUT2D eigenvalue weighted by molar-refractivity contribution is 5.99. The second-order valence-corrected chi connectivity index (χ2v) is 6.30. The van der Waals surface area contributed by atoms with Crippen molar-refractivity contribution in [2.75, 3.05) is 0 Å². The number of rotatable bonds is 5. The summed E-state index contributed by atoms with van der Waals surface area (Å²) in [4.78, 5) is 9.44. The molecule has 0 spiro atoms. The monoisotopic (exact) mass is 310 g/mol. The van der Waals surface area contributed by atoms with Crippen LogP contribution in [-0.2, 0) is 18.4 Å². The first-order chi connectivity index (χ1) is 10.9. The highest BCUT2D eigenvalue weighted by Gasteiger charge is 2.18. The summed E-state index contributed by atoms with van der Waals surface area (Å²) in [7, 11) is 0. The van der Waals surface area contributed by atoms with Crippen molar-refractivity contribution in [3.05, 3.63) is 58.9 Å². The van der Waals surface area contributed by atoms with Gasteiger partial charge in [0.25, 0.3) is 0 Å². The van der Waals surface area contributed by atoms with Crippen molar-refractivity contribution in [3.8, 4) is 0 Å². The lowest BCUT2D eigenvalue weighted by Crippen LogP contribution is -2.18. The number of nitrogens with zero attached hydrogens (tertiary/aromatic N) is 2. The van der Waals surface area contributed by atoms with Gasteiger partial charge in [-0.3, -0.25) is 4.99 Å². The van der Waals surface area contributed by atoms with Crippen LogP contribution in [0.4, 0.5) is 5.69 Å². The Hall–Kier alpha value is -2.00. The Kier molecular flexibility index (Phi) is 5.32. The van der Waals surface area contributed by atoms with E-state index >= 15 is 0 Å². The third-order valence-electron chi connectivity index (χ3n) is 3.99. The predicted octanol–water partition coefficient (Wildman–Crippen LogP) is 4.57. The molecule has 23 heavy (non-hydrogen) atoms. The van der Waals surface area contributed by atoms with Gasteiger partial charge >= 0.3 is 0 Å². The summed E-state index contributed by atoms with van der Waals surface area (Å²) in [6.07, 6.45) is 1.91. The first-order valence-corrected chi connectivity index (χ1v) is 8.23. The number of aliphatic hydroxyl groups is 1. The third-order valence-corrected chi connectivity index (χ3v) is 3.99. The van der Waals surface area contributed by atoms with Gasteiger partial charge in [-0.25, -0.2) is 4.98 Å². The Bertz CT molecular complexity index is 690. The van der Waals surface area contributed by atoms with Crippen LogP contribution in [-0.4, -0.2) is 15.8 Å². The average molecular weight is 310 g/mol. The Morgan fingerprint density at radius 2 is 1.61 bits per heavy atom. The fourth-order valence-electron chi connectivity index (χ4n) is 2.56. The first-order valence-electron chi connectivity index (χ1n) is 8.23. The topological polar surface area (TPSA) is 45.5 Å². The molecule has 1 aromatic carbocycles. The van der Waals surface area contributed by atoms with E-state index in [9.17, 15) is 5.11 Å². The number of aromatic nitrogens is 1. The van der Waals surface area contributed by atoms with Gasteiger partial charge in [0.2, 0.25) is 0 Å². The van der Waals surface area contributed by atoms with Gasteiger partial charge in [0.1, 0.15) is 5.60 Å². The lowest BCUT2D eigenvalue weighted by molar-refractivity contribution is 0.0738. The summed E-state index contributed by atoms with van der Waals surface area (Å²) < 4.78 is 0. The standard InChI is InChI=1S/C20H26N2O/c1-6-15-10-8-11-16(7-2)19(15)21-14(3)17-12-9-13-18(22-17)20(4,5)23/h8-13,23H,6-7H2,1-5H3. The minimum absolute atomic E-state index is 0.657. The van der Waals surface area contributed by atoms with Crippen LogP contribution in [0.1, 0.15) is 57.1 Å². The molecule has 0 unspecified atom stereocenters. The van der Waals surface area contributed by atoms with E-state index in [0.29, 0.717) is 5.69 Å². The van der Waals surface area contributed by atoms with Crippen LogP contribution < -0.4 is 0 Å². The third kappa shape index (κ3) is 4.05. The molecule has 0 bridgehead atoms. The second-order valence-electron chi connectivity index (χ2n) is 6.30. The summed E-state index contributed by atoms with van der Waals surface area (Å²) in [5, 5.41) is 10.1. The molecule has 3 heteroatoms. The second kappa shape index (κ2) is 7.05. The molecule has 0 aliphatic heterocycles. The van der Waals surface area contributed by atoms with E-state index in [4.69, 9.17) is 4.99 Å². The maximum atomic E-state index is 10.1. The molecule has 0 fully saturated rings. The van der Waals surface area contributed by atoms with E-state index < -0.39 is 5.60 Å². The van der Waals surface area contributed by atoms with Gasteiger partial charge in [0, 0.05) is 0 Å². The van der Waals surface area contributed by atoms with Crippen molar-refractivity contribution in [3.63, 3.8) is 0 Å². The summed E-state index contributed by atoms with van der Waals surface area (Å²) in [5.41, 5.74) is 4.94. The minimum atomic E-state index is -0.952. The number of benzene rings is 1. The van der Waals surface area contributed by atoms with Crippen LogP contribution >= 0.6 is 0 Å². The highest BCUT2D eigenvalue weighted by Crippen LogP contribution is 2.27. The van der Waals surface area contributed by atoms with Gasteiger partial charge in [0.15, 0.2) is 0 Å². The molecular weight excluding hydrogens is 284 g/mol. The number of hydrogen-bond acceptors (Lipinski definition) is 3. The number of hydrogen-bond donors (Lipinski definition) is 1. The fourth-order valence-corrected chi connectivity index (χ4v) is 2.56. The molecule has 0 radical (unpaired) electrons. The summed E-state index contributed by atoms with van der Waals surface area (Å²) in [6, 6.07) is 12.1. The number of pyridine rings is 1. The molecule has 0 aliphatic rings. The molecule has 1 aromatic heterocycles. The Balaban J connectivity index is 2.49. The van der Waals surface area contributed by atoms with Crippen molar-refractivity contribution >= 4 is 11.4 Å². The van der Waals surface area contributed by atoms with Gasteiger partial charge < -0.3 is 5.11 Å². The van der Waals surface area contributed by atoms with Crippen LogP contribution in [0, 0.1) is 0 Å². The van der Waals surface area contributed by atoms with Crippen molar-refractivity contribution in [2.24, 2.45) is 4.99 Å². The largest absolute Gasteiger partial charge is 0.384 e. The molecule has 0 saturated heterocycles. The first kappa shape index (κ1) is 17.4. The maximum Gasteiger partial charge on any atom is 0.101 e. The minimum Gasteiger partial charge on any atom is -0.384 e. The molecule has 1 heterocycles. The number of para-hydroxylation sites is 1. The van der Waals surface area contributed by atoms with Crippen molar-refractivity contribution in [1.29, 1.82) is 0 Å². The predicted molar refractivity (Wildman–Crippen MR) is 96.6 cm³/mol. The zero-order valence-corrected chi connectivity index (χ0v) is 14.7. The van der Waals surface area contributed by atoms with Crippen LogP contribution in [0.3, 0.4) is 0 Å². The normalized spacial score (nSPS) is 12.5. The molecule has 3 nitrogen and oxygen atoms in total. The SMILES string of the molecule is CCc1cccc(CC)c1N=C(C)c1cccc(C(C)(C)O)n1. The van der Waals surface area contributed by atoms with Crippen molar-refractivity contribution < 1.29 is 5.11 Å². The van der Waals surface area contributed by atoms with Crippen LogP contribution in [0.2, 0.25) is 0 Å². The van der Waals surface area contributed by atoms with Gasteiger partial charge in [-0.15, -0.1) is 0 Å². The Morgan fingerprint density at radius 3 is 2.13 bits per heavy atom. The zero-order valence-electron chi connectivity index (χ0n) is 14.7. The summed E-state index contributed by atoms with van der Waals surface area (Å²) in [6.45, 7) is 9.76. The molecule has 122 valence electrons. The van der Waals surface area contributed by atoms with Gasteiger partial charge in [-0.05, 0) is 56.9 Å². The lowest BCUT2D eigenvalue weighted by Gasteiger charge is -2.17. The van der Waals surface area contributed by atoms with Crippen LogP contribution in [0.15, 0.2) is 41.4 Å². The molecule has 2 aromatic rings. The van der Waals surface area contributed by atoms with E-state index in [0.717, 1.165) is 29.9 Å². The summed E-state index contributed by atoms with van der Waals surface area (Å²) >= 11 is 0. The van der Waals surface area contributed by atoms with Crippen molar-refractivity contribution in [2.45, 2.75) is 53.1 Å². The molecule has 0 atom stereocenters. The Morgan fingerprint density at radius 1 is 1.04 bits per heavy atom. The van der Waals surface area contributed by atoms with E-state index in [2.05, 4.69) is 37.0 Å². The molecular formula is C20H26N2O. The molecule has 0 saturated carbocycles.